The molecule has 0 saturated heterocycles. The summed E-state index contributed by atoms with van der Waals surface area (Å²) in [5, 5.41) is 3.68. The fourth-order valence-corrected chi connectivity index (χ4v) is 1.80. The zero-order chi connectivity index (χ0) is 16.7. The van der Waals surface area contributed by atoms with Gasteiger partial charge in [0.1, 0.15) is 12.4 Å². The zero-order valence-electron chi connectivity index (χ0n) is 12.5. The van der Waals surface area contributed by atoms with E-state index in [1.165, 1.54) is 25.5 Å². The average molecular weight is 317 g/mol. The Morgan fingerprint density at radius 2 is 2.00 bits per heavy atom. The summed E-state index contributed by atoms with van der Waals surface area (Å²) in [6, 6.07) is 10.4. The first-order valence-corrected chi connectivity index (χ1v) is 6.72. The van der Waals surface area contributed by atoms with E-state index in [0.29, 0.717) is 17.1 Å². The van der Waals surface area contributed by atoms with Crippen molar-refractivity contribution in [1.82, 2.24) is 5.43 Å². The predicted molar refractivity (Wildman–Crippen MR) is 84.0 cm³/mol. The molecule has 0 bridgehead atoms. The molecule has 0 heterocycles. The predicted octanol–water partition coefficient (Wildman–Crippen LogP) is 2.42. The first-order chi connectivity index (χ1) is 11.1. The molecule has 6 nitrogen and oxygen atoms in total. The van der Waals surface area contributed by atoms with Crippen LogP contribution in [0.4, 0.5) is 9.18 Å². The van der Waals surface area contributed by atoms with E-state index in [9.17, 15) is 9.18 Å². The fraction of sp³-hybridized carbons (Fsp3) is 0.125. The number of rotatable bonds is 6. The van der Waals surface area contributed by atoms with Crippen LogP contribution in [-0.2, 0) is 6.61 Å². The quantitative estimate of drug-likeness (QED) is 0.633. The number of amides is 2. The van der Waals surface area contributed by atoms with Gasteiger partial charge in [-0.2, -0.15) is 5.10 Å². The second kappa shape index (κ2) is 7.79. The van der Waals surface area contributed by atoms with Gasteiger partial charge in [-0.25, -0.2) is 14.6 Å². The van der Waals surface area contributed by atoms with Crippen LogP contribution in [0.15, 0.2) is 47.6 Å². The lowest BCUT2D eigenvalue weighted by Crippen LogP contribution is -2.24. The van der Waals surface area contributed by atoms with Gasteiger partial charge in [-0.15, -0.1) is 0 Å². The highest BCUT2D eigenvalue weighted by Gasteiger charge is 2.06. The van der Waals surface area contributed by atoms with E-state index in [2.05, 4.69) is 10.5 Å². The number of ether oxygens (including phenoxy) is 2. The summed E-state index contributed by atoms with van der Waals surface area (Å²) in [6.07, 6.45) is 1.43. The van der Waals surface area contributed by atoms with Crippen molar-refractivity contribution < 1.29 is 18.7 Å². The average Bonchev–Trinajstić information content (AvgIpc) is 2.54. The number of carbonyl (C=O) groups excluding carboxylic acids is 1. The Labute approximate surface area is 132 Å². The Morgan fingerprint density at radius 1 is 1.26 bits per heavy atom. The molecule has 0 aliphatic carbocycles. The standard InChI is InChI=1S/C16H16FN3O3/c1-22-14-7-4-12(9-19-20-16(18)21)8-15(14)23-10-11-2-5-13(17)6-3-11/h2-9H,10H2,1H3,(H3,18,20,21). The normalized spacial score (nSPS) is 10.5. The third kappa shape index (κ3) is 4.99. The highest BCUT2D eigenvalue weighted by Crippen LogP contribution is 2.28. The molecule has 2 amide bonds. The number of methoxy groups -OCH3 is 1. The van der Waals surface area contributed by atoms with Crippen molar-refractivity contribution in [3.8, 4) is 11.5 Å². The van der Waals surface area contributed by atoms with Crippen molar-refractivity contribution in [2.75, 3.05) is 7.11 Å². The van der Waals surface area contributed by atoms with Crippen molar-refractivity contribution in [1.29, 1.82) is 0 Å². The molecule has 0 unspecified atom stereocenters. The Kier molecular flexibility index (Phi) is 5.51. The van der Waals surface area contributed by atoms with Gasteiger partial charge >= 0.3 is 6.03 Å². The lowest BCUT2D eigenvalue weighted by atomic mass is 10.2. The summed E-state index contributed by atoms with van der Waals surface area (Å²) in [6.45, 7) is 0.261. The zero-order valence-corrected chi connectivity index (χ0v) is 12.5. The molecule has 0 aliphatic rings. The number of nitrogens with zero attached hydrogens (tertiary/aromatic N) is 1. The number of halogens is 1. The number of primary amides is 1. The number of urea groups is 1. The minimum atomic E-state index is -0.748. The Morgan fingerprint density at radius 3 is 2.65 bits per heavy atom. The van der Waals surface area contributed by atoms with Crippen molar-refractivity contribution in [2.24, 2.45) is 10.8 Å². The van der Waals surface area contributed by atoms with Crippen molar-refractivity contribution in [3.63, 3.8) is 0 Å². The topological polar surface area (TPSA) is 85.9 Å². The molecule has 0 fully saturated rings. The van der Waals surface area contributed by atoms with Gasteiger partial charge in [0.25, 0.3) is 0 Å². The maximum Gasteiger partial charge on any atom is 0.332 e. The first-order valence-electron chi connectivity index (χ1n) is 6.72. The van der Waals surface area contributed by atoms with Crippen LogP contribution in [0.3, 0.4) is 0 Å². The van der Waals surface area contributed by atoms with Crippen molar-refractivity contribution in [2.45, 2.75) is 6.61 Å². The molecule has 2 rings (SSSR count). The Bertz CT molecular complexity index is 702. The number of nitrogens with two attached hydrogens (primary N) is 1. The smallest absolute Gasteiger partial charge is 0.332 e. The van der Waals surface area contributed by atoms with Crippen molar-refractivity contribution >= 4 is 12.2 Å². The minimum Gasteiger partial charge on any atom is -0.493 e. The molecule has 0 atom stereocenters. The molecule has 23 heavy (non-hydrogen) atoms. The van der Waals surface area contributed by atoms with Gasteiger partial charge in [0.2, 0.25) is 0 Å². The monoisotopic (exact) mass is 317 g/mol. The van der Waals surface area contributed by atoms with Crippen LogP contribution in [0.25, 0.3) is 0 Å². The maximum atomic E-state index is 12.9. The molecule has 120 valence electrons. The van der Waals surface area contributed by atoms with Crippen LogP contribution >= 0.6 is 0 Å². The fourth-order valence-electron chi connectivity index (χ4n) is 1.80. The highest BCUT2D eigenvalue weighted by molar-refractivity contribution is 5.82. The van der Waals surface area contributed by atoms with Gasteiger partial charge in [0, 0.05) is 0 Å². The van der Waals surface area contributed by atoms with E-state index in [1.54, 1.807) is 30.3 Å². The number of hydrogen-bond donors (Lipinski definition) is 2. The van der Waals surface area contributed by atoms with Gasteiger partial charge in [-0.3, -0.25) is 0 Å². The van der Waals surface area contributed by atoms with Crippen LogP contribution in [0.5, 0.6) is 11.5 Å². The van der Waals surface area contributed by atoms with Crippen LogP contribution < -0.4 is 20.6 Å². The maximum absolute atomic E-state index is 12.9. The van der Waals surface area contributed by atoms with E-state index in [-0.39, 0.29) is 12.4 Å². The summed E-state index contributed by atoms with van der Waals surface area (Å²) >= 11 is 0. The third-order valence-corrected chi connectivity index (χ3v) is 2.88. The number of benzene rings is 2. The lowest BCUT2D eigenvalue weighted by molar-refractivity contribution is 0.249. The van der Waals surface area contributed by atoms with Crippen LogP contribution in [0.1, 0.15) is 11.1 Å². The molecule has 0 spiro atoms. The molecule has 0 saturated carbocycles. The number of carbonyl (C=O) groups is 1. The van der Waals surface area contributed by atoms with Crippen molar-refractivity contribution in [3.05, 3.63) is 59.4 Å². The molecule has 7 heteroatoms. The lowest BCUT2D eigenvalue weighted by Gasteiger charge is -2.11. The van der Waals surface area contributed by atoms with Gasteiger partial charge in [0.15, 0.2) is 11.5 Å². The number of hydrazone groups is 1. The van der Waals surface area contributed by atoms with E-state index in [4.69, 9.17) is 15.2 Å². The largest absolute Gasteiger partial charge is 0.493 e. The molecule has 3 N–H and O–H groups in total. The van der Waals surface area contributed by atoms with Gasteiger partial charge in [-0.05, 0) is 41.5 Å². The molecule has 0 radical (unpaired) electrons. The van der Waals surface area contributed by atoms with Crippen LogP contribution in [-0.4, -0.2) is 19.4 Å². The molecule has 2 aromatic carbocycles. The number of nitrogens with one attached hydrogen (secondary N) is 1. The van der Waals surface area contributed by atoms with E-state index in [0.717, 1.165) is 5.56 Å². The third-order valence-electron chi connectivity index (χ3n) is 2.88. The highest BCUT2D eigenvalue weighted by atomic mass is 19.1. The Balaban J connectivity index is 2.10. The molecule has 2 aromatic rings. The van der Waals surface area contributed by atoms with Gasteiger partial charge < -0.3 is 15.2 Å². The number of hydrogen-bond acceptors (Lipinski definition) is 4. The molecule has 0 aromatic heterocycles. The summed E-state index contributed by atoms with van der Waals surface area (Å²) in [5.41, 5.74) is 8.54. The van der Waals surface area contributed by atoms with E-state index in [1.807, 2.05) is 0 Å². The summed E-state index contributed by atoms with van der Waals surface area (Å²) < 4.78 is 23.8. The SMILES string of the molecule is COc1ccc(C=NNC(N)=O)cc1OCc1ccc(F)cc1. The second-order valence-corrected chi connectivity index (χ2v) is 4.56. The van der Waals surface area contributed by atoms with Gasteiger partial charge in [-0.1, -0.05) is 12.1 Å². The summed E-state index contributed by atoms with van der Waals surface area (Å²) in [7, 11) is 1.53. The molecular formula is C16H16FN3O3. The summed E-state index contributed by atoms with van der Waals surface area (Å²) in [5.74, 6) is 0.749. The minimum absolute atomic E-state index is 0.261. The van der Waals surface area contributed by atoms with E-state index >= 15 is 0 Å². The van der Waals surface area contributed by atoms with Crippen LogP contribution in [0.2, 0.25) is 0 Å². The first kappa shape index (κ1) is 16.3. The summed E-state index contributed by atoms with van der Waals surface area (Å²) in [4.78, 5) is 10.6. The van der Waals surface area contributed by atoms with Crippen LogP contribution in [0, 0.1) is 5.82 Å². The second-order valence-electron chi connectivity index (χ2n) is 4.56. The molecular weight excluding hydrogens is 301 g/mol. The Hall–Kier alpha value is -3.09. The van der Waals surface area contributed by atoms with E-state index < -0.39 is 6.03 Å². The molecule has 0 aliphatic heterocycles. The van der Waals surface area contributed by atoms with Gasteiger partial charge in [0.05, 0.1) is 13.3 Å².